The van der Waals surface area contributed by atoms with Crippen LogP contribution in [0.25, 0.3) is 0 Å². The second-order valence-corrected chi connectivity index (χ2v) is 6.10. The maximum atomic E-state index is 13.0. The highest BCUT2D eigenvalue weighted by Crippen LogP contribution is 2.25. The zero-order valence-electron chi connectivity index (χ0n) is 14.3. The van der Waals surface area contributed by atoms with Crippen LogP contribution in [0.4, 0.5) is 11.4 Å². The molecule has 2 aromatic rings. The van der Waals surface area contributed by atoms with E-state index in [1.165, 1.54) is 6.07 Å². The number of carbonyl (C=O) groups excluding carboxylic acids is 1. The van der Waals surface area contributed by atoms with Gasteiger partial charge in [0.2, 0.25) is 5.91 Å². The number of nitrogens with zero attached hydrogens (tertiary/aromatic N) is 2. The minimum atomic E-state index is -0.586. The molecular formula is C19H21N3O4. The van der Waals surface area contributed by atoms with Gasteiger partial charge >= 0.3 is 0 Å². The molecule has 1 aliphatic rings. The fourth-order valence-corrected chi connectivity index (χ4v) is 3.00. The van der Waals surface area contributed by atoms with Crippen molar-refractivity contribution in [2.75, 3.05) is 31.6 Å². The lowest BCUT2D eigenvalue weighted by molar-refractivity contribution is -0.384. The van der Waals surface area contributed by atoms with Gasteiger partial charge in [-0.15, -0.1) is 0 Å². The highest BCUT2D eigenvalue weighted by atomic mass is 16.6. The summed E-state index contributed by atoms with van der Waals surface area (Å²) in [6.45, 7) is 2.08. The Kier molecular flexibility index (Phi) is 5.80. The van der Waals surface area contributed by atoms with Crippen molar-refractivity contribution in [3.05, 3.63) is 70.3 Å². The van der Waals surface area contributed by atoms with Crippen LogP contribution in [0.15, 0.2) is 54.6 Å². The second-order valence-electron chi connectivity index (χ2n) is 6.10. The standard InChI is InChI=1S/C19H21N3O4/c23-19(21-10-12-26-13-11-21)17(14-15-6-2-1-3-7-15)20-16-8-4-5-9-18(16)22(24)25/h1-9,17,20H,10-14H2. The average Bonchev–Trinajstić information content (AvgIpc) is 2.68. The molecule has 3 rings (SSSR count). The Morgan fingerprint density at radius 1 is 1.12 bits per heavy atom. The predicted octanol–water partition coefficient (Wildman–Crippen LogP) is 2.48. The maximum absolute atomic E-state index is 13.0. The van der Waals surface area contributed by atoms with Gasteiger partial charge in [-0.05, 0) is 11.6 Å². The molecule has 7 nitrogen and oxygen atoms in total. The van der Waals surface area contributed by atoms with Crippen LogP contribution in [0.3, 0.4) is 0 Å². The average molecular weight is 355 g/mol. The number of para-hydroxylation sites is 2. The third-order valence-corrected chi connectivity index (χ3v) is 4.33. The zero-order valence-corrected chi connectivity index (χ0v) is 14.3. The number of nitro groups is 1. The summed E-state index contributed by atoms with van der Waals surface area (Å²) in [6, 6.07) is 15.4. The summed E-state index contributed by atoms with van der Waals surface area (Å²) in [5, 5.41) is 14.4. The van der Waals surface area contributed by atoms with Crippen molar-refractivity contribution in [1.82, 2.24) is 4.90 Å². The molecule has 0 bridgehead atoms. The van der Waals surface area contributed by atoms with Crippen LogP contribution >= 0.6 is 0 Å². The molecule has 1 unspecified atom stereocenters. The number of amides is 1. The summed E-state index contributed by atoms with van der Waals surface area (Å²) in [6.07, 6.45) is 0.447. The van der Waals surface area contributed by atoms with E-state index in [0.717, 1.165) is 5.56 Å². The summed E-state index contributed by atoms with van der Waals surface area (Å²) in [5.41, 5.74) is 1.30. The molecule has 0 spiro atoms. The Labute approximate surface area is 151 Å². The van der Waals surface area contributed by atoms with Crippen molar-refractivity contribution in [3.8, 4) is 0 Å². The Bertz CT molecular complexity index is 760. The van der Waals surface area contributed by atoms with Crippen molar-refractivity contribution in [1.29, 1.82) is 0 Å². The maximum Gasteiger partial charge on any atom is 0.292 e. The molecule has 1 aliphatic heterocycles. The fourth-order valence-electron chi connectivity index (χ4n) is 3.00. The zero-order chi connectivity index (χ0) is 18.4. The van der Waals surface area contributed by atoms with Crippen LogP contribution in [0, 0.1) is 10.1 Å². The van der Waals surface area contributed by atoms with Gasteiger partial charge in [0.25, 0.3) is 5.69 Å². The number of nitro benzene ring substituents is 1. The normalized spacial score (nSPS) is 15.3. The molecule has 1 heterocycles. The van der Waals surface area contributed by atoms with Crippen LogP contribution in [-0.4, -0.2) is 48.1 Å². The van der Waals surface area contributed by atoms with E-state index in [-0.39, 0.29) is 11.6 Å². The van der Waals surface area contributed by atoms with Crippen molar-refractivity contribution < 1.29 is 14.5 Å². The molecule has 1 saturated heterocycles. The van der Waals surface area contributed by atoms with Crippen molar-refractivity contribution in [3.63, 3.8) is 0 Å². The van der Waals surface area contributed by atoms with Crippen molar-refractivity contribution >= 4 is 17.3 Å². The molecular weight excluding hydrogens is 334 g/mol. The summed E-state index contributed by atoms with van der Waals surface area (Å²) in [7, 11) is 0. The van der Waals surface area contributed by atoms with Crippen molar-refractivity contribution in [2.24, 2.45) is 0 Å². The first-order valence-electron chi connectivity index (χ1n) is 8.55. The number of benzene rings is 2. The van der Waals surface area contributed by atoms with Gasteiger partial charge < -0.3 is 15.0 Å². The number of morpholine rings is 1. The highest BCUT2D eigenvalue weighted by Gasteiger charge is 2.27. The van der Waals surface area contributed by atoms with E-state index in [9.17, 15) is 14.9 Å². The Balaban J connectivity index is 1.85. The summed E-state index contributed by atoms with van der Waals surface area (Å²) in [5.74, 6) is -0.0738. The van der Waals surface area contributed by atoms with Gasteiger partial charge in [-0.1, -0.05) is 42.5 Å². The highest BCUT2D eigenvalue weighted by molar-refractivity contribution is 5.86. The molecule has 1 N–H and O–H groups in total. The molecule has 7 heteroatoms. The number of nitrogens with one attached hydrogen (secondary N) is 1. The van der Waals surface area contributed by atoms with E-state index in [2.05, 4.69) is 5.32 Å². The molecule has 1 fully saturated rings. The van der Waals surface area contributed by atoms with Crippen LogP contribution in [-0.2, 0) is 16.0 Å². The molecule has 26 heavy (non-hydrogen) atoms. The lowest BCUT2D eigenvalue weighted by Crippen LogP contribution is -2.48. The predicted molar refractivity (Wildman–Crippen MR) is 98.1 cm³/mol. The number of carbonyl (C=O) groups is 1. The Morgan fingerprint density at radius 3 is 2.46 bits per heavy atom. The van der Waals surface area contributed by atoms with Crippen LogP contribution in [0.1, 0.15) is 5.56 Å². The minimum absolute atomic E-state index is 0.0414. The summed E-state index contributed by atoms with van der Waals surface area (Å²) >= 11 is 0. The fraction of sp³-hybridized carbons (Fsp3) is 0.316. The van der Waals surface area contributed by atoms with Gasteiger partial charge in [0.15, 0.2) is 0 Å². The first kappa shape index (κ1) is 17.9. The van der Waals surface area contributed by atoms with Crippen LogP contribution in [0.2, 0.25) is 0 Å². The molecule has 1 atom stereocenters. The summed E-state index contributed by atoms with van der Waals surface area (Å²) in [4.78, 5) is 25.6. The number of anilines is 1. The van der Waals surface area contributed by atoms with Crippen LogP contribution < -0.4 is 5.32 Å². The van der Waals surface area contributed by atoms with E-state index >= 15 is 0 Å². The van der Waals surface area contributed by atoms with Gasteiger partial charge in [-0.3, -0.25) is 14.9 Å². The van der Waals surface area contributed by atoms with Gasteiger partial charge in [0.05, 0.1) is 18.1 Å². The SMILES string of the molecule is O=C(C(Cc1ccccc1)Nc1ccccc1[N+](=O)[O-])N1CCOCC1. The van der Waals surface area contributed by atoms with E-state index in [1.54, 1.807) is 23.1 Å². The van der Waals surface area contributed by atoms with E-state index in [4.69, 9.17) is 4.74 Å². The quantitative estimate of drug-likeness (QED) is 0.636. The second kappa shape index (κ2) is 8.44. The smallest absolute Gasteiger partial charge is 0.292 e. The van der Waals surface area contributed by atoms with E-state index < -0.39 is 11.0 Å². The third-order valence-electron chi connectivity index (χ3n) is 4.33. The molecule has 0 aliphatic carbocycles. The van der Waals surface area contributed by atoms with Gasteiger partial charge in [-0.2, -0.15) is 0 Å². The lowest BCUT2D eigenvalue weighted by Gasteiger charge is -2.31. The Morgan fingerprint density at radius 2 is 1.77 bits per heavy atom. The number of hydrogen-bond donors (Lipinski definition) is 1. The van der Waals surface area contributed by atoms with E-state index in [1.807, 2.05) is 30.3 Å². The lowest BCUT2D eigenvalue weighted by atomic mass is 10.0. The molecule has 0 saturated carbocycles. The monoisotopic (exact) mass is 355 g/mol. The number of ether oxygens (including phenoxy) is 1. The molecule has 2 aromatic carbocycles. The molecule has 1 amide bonds. The third kappa shape index (κ3) is 4.37. The van der Waals surface area contributed by atoms with Gasteiger partial charge in [0.1, 0.15) is 11.7 Å². The first-order valence-corrected chi connectivity index (χ1v) is 8.55. The minimum Gasteiger partial charge on any atom is -0.378 e. The number of hydrogen-bond acceptors (Lipinski definition) is 5. The molecule has 136 valence electrons. The molecule has 0 aromatic heterocycles. The largest absolute Gasteiger partial charge is 0.378 e. The summed E-state index contributed by atoms with van der Waals surface area (Å²) < 4.78 is 5.31. The van der Waals surface area contributed by atoms with Gasteiger partial charge in [-0.25, -0.2) is 0 Å². The van der Waals surface area contributed by atoms with Crippen molar-refractivity contribution in [2.45, 2.75) is 12.5 Å². The topological polar surface area (TPSA) is 84.7 Å². The van der Waals surface area contributed by atoms with Crippen LogP contribution in [0.5, 0.6) is 0 Å². The first-order chi connectivity index (χ1) is 12.6. The Hall–Kier alpha value is -2.93. The molecule has 0 radical (unpaired) electrons. The van der Waals surface area contributed by atoms with E-state index in [0.29, 0.717) is 38.4 Å². The number of rotatable bonds is 6. The van der Waals surface area contributed by atoms with Gasteiger partial charge in [0, 0.05) is 25.6 Å².